The van der Waals surface area contributed by atoms with E-state index in [0.29, 0.717) is 18.0 Å². The summed E-state index contributed by atoms with van der Waals surface area (Å²) in [6.45, 7) is 4.99. The molecule has 0 spiro atoms. The van der Waals surface area contributed by atoms with Gasteiger partial charge < -0.3 is 15.2 Å². The average Bonchev–Trinajstić information content (AvgIpc) is 2.84. The number of hydrogen-bond donors (Lipinski definition) is 3. The van der Waals surface area contributed by atoms with Gasteiger partial charge in [0.1, 0.15) is 0 Å². The number of H-pyrrole nitrogens is 1. The molecule has 1 aromatic heterocycles. The quantitative estimate of drug-likeness (QED) is 0.557. The van der Waals surface area contributed by atoms with Crippen molar-refractivity contribution in [3.8, 4) is 0 Å². The molecule has 1 aromatic rings. The highest BCUT2D eigenvalue weighted by Crippen LogP contribution is 2.10. The minimum Gasteiger partial charge on any atom is -0.363 e. The zero-order valence-corrected chi connectivity index (χ0v) is 13.4. The zero-order valence-electron chi connectivity index (χ0n) is 12.6. The fraction of sp³-hybridized carbons (Fsp3) is 0.692. The number of aromatic amines is 1. The molecule has 0 amide bonds. The number of nitrogens with one attached hydrogen (secondary N) is 3. The van der Waals surface area contributed by atoms with Gasteiger partial charge in [-0.3, -0.25) is 0 Å². The highest BCUT2D eigenvalue weighted by Gasteiger charge is 2.15. The van der Waals surface area contributed by atoms with E-state index in [0.717, 1.165) is 31.6 Å². The minimum absolute atomic E-state index is 0.302. The van der Waals surface area contributed by atoms with E-state index < -0.39 is 10.0 Å². The average molecular weight is 302 g/mol. The van der Waals surface area contributed by atoms with Crippen LogP contribution in [0.15, 0.2) is 17.2 Å². The first kappa shape index (κ1) is 17.2. The lowest BCUT2D eigenvalue weighted by Crippen LogP contribution is -2.27. The summed E-state index contributed by atoms with van der Waals surface area (Å²) in [6.07, 6.45) is 3.39. The summed E-state index contributed by atoms with van der Waals surface area (Å²) in [7, 11) is 0.541. The van der Waals surface area contributed by atoms with Crippen LogP contribution in [-0.2, 0) is 16.6 Å². The summed E-state index contributed by atoms with van der Waals surface area (Å²) >= 11 is 0. The molecule has 1 rings (SSSR count). The second kappa shape index (κ2) is 8.41. The Morgan fingerprint density at radius 1 is 1.30 bits per heavy atom. The third kappa shape index (κ3) is 6.04. The van der Waals surface area contributed by atoms with E-state index >= 15 is 0 Å². The van der Waals surface area contributed by atoms with Crippen LogP contribution >= 0.6 is 0 Å². The van der Waals surface area contributed by atoms with Crippen molar-refractivity contribution < 1.29 is 8.42 Å². The van der Waals surface area contributed by atoms with Crippen molar-refractivity contribution in [2.75, 3.05) is 33.7 Å². The van der Waals surface area contributed by atoms with Gasteiger partial charge in [0.15, 0.2) is 0 Å². The van der Waals surface area contributed by atoms with Crippen molar-refractivity contribution in [3.05, 3.63) is 18.0 Å². The molecule has 3 N–H and O–H groups in total. The Balaban J connectivity index is 2.46. The van der Waals surface area contributed by atoms with Crippen molar-refractivity contribution in [3.63, 3.8) is 0 Å². The van der Waals surface area contributed by atoms with Crippen LogP contribution in [0.2, 0.25) is 0 Å². The minimum atomic E-state index is -3.40. The molecule has 0 fully saturated rings. The van der Waals surface area contributed by atoms with Crippen LogP contribution in [0.25, 0.3) is 0 Å². The Morgan fingerprint density at radius 2 is 2.05 bits per heavy atom. The SMILES string of the molecule is CCCNCc1cc(S(=O)(=O)NCCCN(C)C)c[nH]1. The number of sulfonamides is 1. The van der Waals surface area contributed by atoms with Crippen LogP contribution in [0, 0.1) is 0 Å². The Bertz CT molecular complexity index is 482. The Kier molecular flexibility index (Phi) is 7.22. The lowest BCUT2D eigenvalue weighted by atomic mass is 10.4. The van der Waals surface area contributed by atoms with E-state index in [4.69, 9.17) is 0 Å². The Hall–Kier alpha value is -0.890. The molecule has 0 aliphatic rings. The summed E-state index contributed by atoms with van der Waals surface area (Å²) in [4.78, 5) is 5.32. The molecule has 20 heavy (non-hydrogen) atoms. The molecule has 1 heterocycles. The molecular formula is C13H26N4O2S. The number of aromatic nitrogens is 1. The second-order valence-electron chi connectivity index (χ2n) is 5.09. The molecule has 0 aliphatic carbocycles. The fourth-order valence-electron chi connectivity index (χ4n) is 1.76. The standard InChI is InChI=1S/C13H26N4O2S/c1-4-6-14-10-12-9-13(11-15-12)20(18,19)16-7-5-8-17(2)3/h9,11,14-16H,4-8,10H2,1-3H3. The highest BCUT2D eigenvalue weighted by atomic mass is 32.2. The van der Waals surface area contributed by atoms with Gasteiger partial charge in [0.2, 0.25) is 10.0 Å². The van der Waals surface area contributed by atoms with E-state index in [1.165, 1.54) is 6.20 Å². The van der Waals surface area contributed by atoms with Crippen molar-refractivity contribution in [1.29, 1.82) is 0 Å². The van der Waals surface area contributed by atoms with Crippen molar-refractivity contribution in [1.82, 2.24) is 19.9 Å². The predicted molar refractivity (Wildman–Crippen MR) is 81.1 cm³/mol. The Morgan fingerprint density at radius 3 is 2.70 bits per heavy atom. The molecule has 0 aromatic carbocycles. The molecule has 0 radical (unpaired) electrons. The second-order valence-corrected chi connectivity index (χ2v) is 6.86. The van der Waals surface area contributed by atoms with Crippen LogP contribution in [-0.4, -0.2) is 52.0 Å². The van der Waals surface area contributed by atoms with Gasteiger partial charge in [-0.1, -0.05) is 6.92 Å². The molecule has 0 unspecified atom stereocenters. The van der Waals surface area contributed by atoms with Crippen LogP contribution in [0.4, 0.5) is 0 Å². The van der Waals surface area contributed by atoms with Crippen LogP contribution in [0.3, 0.4) is 0 Å². The molecule has 0 saturated heterocycles. The van der Waals surface area contributed by atoms with Crippen molar-refractivity contribution in [2.45, 2.75) is 31.2 Å². The molecule has 0 aliphatic heterocycles. The Labute approximate surface area is 122 Å². The monoisotopic (exact) mass is 302 g/mol. The lowest BCUT2D eigenvalue weighted by molar-refractivity contribution is 0.400. The smallest absolute Gasteiger partial charge is 0.242 e. The first-order valence-corrected chi connectivity index (χ1v) is 8.46. The van der Waals surface area contributed by atoms with Crippen LogP contribution in [0.5, 0.6) is 0 Å². The third-order valence-electron chi connectivity index (χ3n) is 2.84. The van der Waals surface area contributed by atoms with E-state index in [2.05, 4.69) is 21.9 Å². The summed E-state index contributed by atoms with van der Waals surface area (Å²) < 4.78 is 26.7. The maximum Gasteiger partial charge on any atom is 0.242 e. The summed E-state index contributed by atoms with van der Waals surface area (Å²) in [5.74, 6) is 0. The predicted octanol–water partition coefficient (Wildman–Crippen LogP) is 0.744. The maximum absolute atomic E-state index is 12.1. The van der Waals surface area contributed by atoms with Gasteiger partial charge in [-0.15, -0.1) is 0 Å². The van der Waals surface area contributed by atoms with Gasteiger partial charge in [-0.05, 0) is 46.1 Å². The fourth-order valence-corrected chi connectivity index (χ4v) is 2.85. The molecular weight excluding hydrogens is 276 g/mol. The first-order valence-electron chi connectivity index (χ1n) is 6.98. The summed E-state index contributed by atoms with van der Waals surface area (Å²) in [5.41, 5.74) is 0.882. The molecule has 0 bridgehead atoms. The normalized spacial score (nSPS) is 12.2. The van der Waals surface area contributed by atoms with Gasteiger partial charge in [0.25, 0.3) is 0 Å². The van der Waals surface area contributed by atoms with Crippen molar-refractivity contribution in [2.24, 2.45) is 0 Å². The van der Waals surface area contributed by atoms with Gasteiger partial charge in [-0.25, -0.2) is 13.1 Å². The van der Waals surface area contributed by atoms with Crippen LogP contribution < -0.4 is 10.0 Å². The van der Waals surface area contributed by atoms with Gasteiger partial charge in [0.05, 0.1) is 4.90 Å². The van der Waals surface area contributed by atoms with Gasteiger partial charge >= 0.3 is 0 Å². The molecule has 0 atom stereocenters. The molecule has 7 heteroatoms. The topological polar surface area (TPSA) is 77.2 Å². The van der Waals surface area contributed by atoms with Gasteiger partial charge in [0, 0.05) is 25.0 Å². The van der Waals surface area contributed by atoms with Gasteiger partial charge in [-0.2, -0.15) is 0 Å². The third-order valence-corrected chi connectivity index (χ3v) is 4.28. The molecule has 6 nitrogen and oxygen atoms in total. The maximum atomic E-state index is 12.1. The summed E-state index contributed by atoms with van der Waals surface area (Å²) in [5, 5.41) is 3.23. The number of nitrogens with zero attached hydrogens (tertiary/aromatic N) is 1. The highest BCUT2D eigenvalue weighted by molar-refractivity contribution is 7.89. The lowest BCUT2D eigenvalue weighted by Gasteiger charge is -2.09. The van der Waals surface area contributed by atoms with E-state index in [-0.39, 0.29) is 0 Å². The van der Waals surface area contributed by atoms with E-state index in [9.17, 15) is 8.42 Å². The summed E-state index contributed by atoms with van der Waals surface area (Å²) in [6, 6.07) is 1.68. The van der Waals surface area contributed by atoms with E-state index in [1.807, 2.05) is 19.0 Å². The molecule has 0 saturated carbocycles. The zero-order chi connectivity index (χ0) is 15.0. The first-order chi connectivity index (χ1) is 9.45. The van der Waals surface area contributed by atoms with Crippen LogP contribution in [0.1, 0.15) is 25.5 Å². The number of rotatable bonds is 10. The largest absolute Gasteiger partial charge is 0.363 e. The number of hydrogen-bond acceptors (Lipinski definition) is 4. The molecule has 116 valence electrons. The van der Waals surface area contributed by atoms with E-state index in [1.54, 1.807) is 6.07 Å². The van der Waals surface area contributed by atoms with Crippen molar-refractivity contribution >= 4 is 10.0 Å².